The number of ether oxygens (including phenoxy) is 2. The van der Waals surface area contributed by atoms with Gasteiger partial charge in [-0.3, -0.25) is 4.79 Å². The first-order valence-corrected chi connectivity index (χ1v) is 10.6. The monoisotopic (exact) mass is 453 g/mol. The van der Waals surface area contributed by atoms with Gasteiger partial charge in [0.1, 0.15) is 0 Å². The number of alkyl halides is 3. The topological polar surface area (TPSA) is 38.8 Å². The number of halogens is 3. The molecule has 0 aromatic heterocycles. The minimum Gasteiger partial charge on any atom is -0.337 e. The zero-order valence-corrected chi connectivity index (χ0v) is 17.9. The van der Waals surface area contributed by atoms with Crippen LogP contribution in [0.15, 0.2) is 78.9 Å². The second kappa shape index (κ2) is 7.71. The van der Waals surface area contributed by atoms with E-state index in [1.165, 1.54) is 11.0 Å². The van der Waals surface area contributed by atoms with Gasteiger partial charge in [-0.15, -0.1) is 0 Å². The number of rotatable bonds is 3. The zero-order chi connectivity index (χ0) is 23.3. The van der Waals surface area contributed by atoms with E-state index in [1.807, 2.05) is 37.3 Å². The predicted molar refractivity (Wildman–Crippen MR) is 116 cm³/mol. The standard InChI is InChI=1S/C26H22F3NO3/c1-24(19-9-3-2-4-10-19)16-32-25(33-17-24)21-12-5-6-13-22(21)30(23(25)31)15-18-8-7-11-20(14-18)26(27,28)29/h2-14H,15-17H2,1H3. The van der Waals surface area contributed by atoms with Gasteiger partial charge in [-0.1, -0.05) is 67.6 Å². The lowest BCUT2D eigenvalue weighted by Crippen LogP contribution is -2.53. The third-order valence-electron chi connectivity index (χ3n) is 6.33. The molecule has 4 nitrogen and oxygen atoms in total. The van der Waals surface area contributed by atoms with E-state index in [1.54, 1.807) is 30.3 Å². The molecule has 0 unspecified atom stereocenters. The molecule has 1 saturated heterocycles. The molecule has 1 fully saturated rings. The fourth-order valence-electron chi connectivity index (χ4n) is 4.47. The molecule has 0 radical (unpaired) electrons. The van der Waals surface area contributed by atoms with Crippen molar-refractivity contribution in [3.63, 3.8) is 0 Å². The Balaban J connectivity index is 1.46. The Morgan fingerprint density at radius 3 is 2.27 bits per heavy atom. The van der Waals surface area contributed by atoms with Crippen LogP contribution >= 0.6 is 0 Å². The lowest BCUT2D eigenvalue weighted by atomic mass is 9.83. The number of nitrogens with zero attached hydrogens (tertiary/aromatic N) is 1. The summed E-state index contributed by atoms with van der Waals surface area (Å²) in [7, 11) is 0. The highest BCUT2D eigenvalue weighted by atomic mass is 19.4. The van der Waals surface area contributed by atoms with Gasteiger partial charge in [0.25, 0.3) is 11.7 Å². The van der Waals surface area contributed by atoms with Crippen LogP contribution in [0, 0.1) is 0 Å². The molecule has 2 aliphatic rings. The van der Waals surface area contributed by atoms with Crippen LogP contribution in [0.4, 0.5) is 18.9 Å². The van der Waals surface area contributed by atoms with Gasteiger partial charge in [0.05, 0.1) is 31.0 Å². The van der Waals surface area contributed by atoms with E-state index in [0.717, 1.165) is 17.7 Å². The first-order valence-electron chi connectivity index (χ1n) is 10.6. The van der Waals surface area contributed by atoms with Crippen molar-refractivity contribution in [1.29, 1.82) is 0 Å². The number of hydrogen-bond donors (Lipinski definition) is 0. The fraction of sp³-hybridized carbons (Fsp3) is 0.269. The summed E-state index contributed by atoms with van der Waals surface area (Å²) < 4.78 is 51.9. The molecule has 2 heterocycles. The smallest absolute Gasteiger partial charge is 0.337 e. The van der Waals surface area contributed by atoms with E-state index >= 15 is 0 Å². The van der Waals surface area contributed by atoms with Gasteiger partial charge >= 0.3 is 6.18 Å². The Labute approximate surface area is 189 Å². The SMILES string of the molecule is CC1(c2ccccc2)COC2(OC1)C(=O)N(Cc1cccc(C(F)(F)F)c1)c1ccccc12. The van der Waals surface area contributed by atoms with Crippen molar-refractivity contribution in [3.05, 3.63) is 101 Å². The van der Waals surface area contributed by atoms with Crippen molar-refractivity contribution in [3.8, 4) is 0 Å². The van der Waals surface area contributed by atoms with Crippen LogP contribution in [0.3, 0.4) is 0 Å². The van der Waals surface area contributed by atoms with E-state index in [4.69, 9.17) is 9.47 Å². The van der Waals surface area contributed by atoms with Crippen LogP contribution in [-0.4, -0.2) is 19.1 Å². The maximum Gasteiger partial charge on any atom is 0.416 e. The quantitative estimate of drug-likeness (QED) is 0.532. The number of amides is 1. The van der Waals surface area contributed by atoms with Crippen molar-refractivity contribution in [1.82, 2.24) is 0 Å². The van der Waals surface area contributed by atoms with Gasteiger partial charge in [-0.25, -0.2) is 0 Å². The summed E-state index contributed by atoms with van der Waals surface area (Å²) in [5.74, 6) is -2.04. The number of hydrogen-bond acceptors (Lipinski definition) is 3. The molecule has 3 aromatic carbocycles. The Morgan fingerprint density at radius 2 is 1.58 bits per heavy atom. The van der Waals surface area contributed by atoms with E-state index in [0.29, 0.717) is 16.8 Å². The van der Waals surface area contributed by atoms with Crippen molar-refractivity contribution < 1.29 is 27.4 Å². The minimum absolute atomic E-state index is 0.0236. The van der Waals surface area contributed by atoms with Gasteiger partial charge in [0.15, 0.2) is 0 Å². The molecule has 3 aromatic rings. The molecule has 1 spiro atoms. The number of anilines is 1. The van der Waals surface area contributed by atoms with Gasteiger partial charge < -0.3 is 14.4 Å². The maximum absolute atomic E-state index is 13.6. The molecule has 0 bridgehead atoms. The first-order chi connectivity index (χ1) is 15.7. The van der Waals surface area contributed by atoms with Crippen LogP contribution in [-0.2, 0) is 38.2 Å². The fourth-order valence-corrected chi connectivity index (χ4v) is 4.47. The van der Waals surface area contributed by atoms with Crippen molar-refractivity contribution in [2.75, 3.05) is 18.1 Å². The second-order valence-electron chi connectivity index (χ2n) is 8.73. The van der Waals surface area contributed by atoms with Crippen LogP contribution < -0.4 is 4.90 Å². The third kappa shape index (κ3) is 3.61. The summed E-state index contributed by atoms with van der Waals surface area (Å²) in [4.78, 5) is 15.1. The highest BCUT2D eigenvalue weighted by Gasteiger charge is 2.57. The zero-order valence-electron chi connectivity index (χ0n) is 17.9. The molecule has 33 heavy (non-hydrogen) atoms. The number of fused-ring (bicyclic) bond motifs is 2. The molecular formula is C26H22F3NO3. The van der Waals surface area contributed by atoms with E-state index in [-0.39, 0.29) is 19.8 Å². The third-order valence-corrected chi connectivity index (χ3v) is 6.33. The molecule has 2 aliphatic heterocycles. The van der Waals surface area contributed by atoms with E-state index in [9.17, 15) is 18.0 Å². The largest absolute Gasteiger partial charge is 0.416 e. The summed E-state index contributed by atoms with van der Waals surface area (Å²) in [6, 6.07) is 21.9. The van der Waals surface area contributed by atoms with Crippen molar-refractivity contribution in [2.45, 2.75) is 30.8 Å². The number of para-hydroxylation sites is 1. The van der Waals surface area contributed by atoms with Crippen LogP contribution in [0.5, 0.6) is 0 Å². The minimum atomic E-state index is -4.46. The Kier molecular flexibility index (Phi) is 5.06. The molecule has 1 amide bonds. The molecule has 0 saturated carbocycles. The molecule has 7 heteroatoms. The Bertz CT molecular complexity index is 1180. The number of carbonyl (C=O) groups excluding carboxylic acids is 1. The molecular weight excluding hydrogens is 431 g/mol. The van der Waals surface area contributed by atoms with Gasteiger partial charge in [-0.05, 0) is 29.3 Å². The lowest BCUT2D eigenvalue weighted by molar-refractivity contribution is -0.275. The van der Waals surface area contributed by atoms with Crippen LogP contribution in [0.2, 0.25) is 0 Å². The highest BCUT2D eigenvalue weighted by Crippen LogP contribution is 2.48. The summed E-state index contributed by atoms with van der Waals surface area (Å²) in [6.07, 6.45) is -4.46. The molecule has 0 N–H and O–H groups in total. The second-order valence-corrected chi connectivity index (χ2v) is 8.73. The molecule has 0 atom stereocenters. The first kappa shape index (κ1) is 21.7. The Hall–Kier alpha value is -3.16. The Morgan fingerprint density at radius 1 is 0.909 bits per heavy atom. The van der Waals surface area contributed by atoms with E-state index < -0.39 is 28.8 Å². The van der Waals surface area contributed by atoms with Crippen LogP contribution in [0.1, 0.15) is 29.2 Å². The average Bonchev–Trinajstić information content (AvgIpc) is 3.04. The molecule has 0 aliphatic carbocycles. The van der Waals surface area contributed by atoms with Gasteiger partial charge in [0.2, 0.25) is 0 Å². The van der Waals surface area contributed by atoms with Gasteiger partial charge in [0, 0.05) is 11.0 Å². The predicted octanol–water partition coefficient (Wildman–Crippen LogP) is 5.41. The molecule has 5 rings (SSSR count). The van der Waals surface area contributed by atoms with Crippen LogP contribution in [0.25, 0.3) is 0 Å². The summed E-state index contributed by atoms with van der Waals surface area (Å²) in [5, 5.41) is 0. The number of carbonyl (C=O) groups is 1. The van der Waals surface area contributed by atoms with Crippen molar-refractivity contribution >= 4 is 11.6 Å². The number of benzene rings is 3. The average molecular weight is 453 g/mol. The highest BCUT2D eigenvalue weighted by molar-refractivity contribution is 6.06. The normalized spacial score (nSPS) is 24.8. The summed E-state index contributed by atoms with van der Waals surface area (Å²) in [5.41, 5.74) is 1.36. The van der Waals surface area contributed by atoms with Crippen molar-refractivity contribution in [2.24, 2.45) is 0 Å². The van der Waals surface area contributed by atoms with Gasteiger partial charge in [-0.2, -0.15) is 13.2 Å². The van der Waals surface area contributed by atoms with E-state index in [2.05, 4.69) is 0 Å². The maximum atomic E-state index is 13.6. The lowest BCUT2D eigenvalue weighted by Gasteiger charge is -2.42. The molecule has 170 valence electrons. The summed E-state index contributed by atoms with van der Waals surface area (Å²) in [6.45, 7) is 2.51. The summed E-state index contributed by atoms with van der Waals surface area (Å²) >= 11 is 0.